The number of nitrogens with one attached hydrogen (secondary N) is 1. The zero-order valence-electron chi connectivity index (χ0n) is 12.1. The minimum absolute atomic E-state index is 0.0873. The minimum Gasteiger partial charge on any atom is -0.352 e. The lowest BCUT2D eigenvalue weighted by molar-refractivity contribution is -0.120. The summed E-state index contributed by atoms with van der Waals surface area (Å²) in [5.41, 5.74) is 4.91. The van der Waals surface area contributed by atoms with Crippen LogP contribution in [0.1, 0.15) is 31.4 Å². The molecule has 0 radical (unpaired) electrons. The van der Waals surface area contributed by atoms with Crippen LogP contribution in [0.5, 0.6) is 0 Å². The highest BCUT2D eigenvalue weighted by Gasteiger charge is 2.00. The van der Waals surface area contributed by atoms with E-state index in [-0.39, 0.29) is 5.91 Å². The Kier molecular flexibility index (Phi) is 4.94. The normalized spacial score (nSPS) is 10.3. The Morgan fingerprint density at radius 2 is 1.35 bits per heavy atom. The number of carbonyl (C=O) groups is 1. The van der Waals surface area contributed by atoms with E-state index in [2.05, 4.69) is 60.8 Å². The van der Waals surface area contributed by atoms with Crippen LogP contribution < -0.4 is 5.32 Å². The molecule has 0 bridgehead atoms. The molecule has 2 aromatic rings. The second kappa shape index (κ2) is 6.90. The van der Waals surface area contributed by atoms with Crippen molar-refractivity contribution in [1.29, 1.82) is 0 Å². The van der Waals surface area contributed by atoms with Gasteiger partial charge in [-0.2, -0.15) is 0 Å². The van der Waals surface area contributed by atoms with Crippen molar-refractivity contribution in [3.63, 3.8) is 0 Å². The molecule has 1 N–H and O–H groups in total. The molecule has 0 aliphatic heterocycles. The predicted molar refractivity (Wildman–Crippen MR) is 83.4 cm³/mol. The van der Waals surface area contributed by atoms with Crippen molar-refractivity contribution in [3.8, 4) is 11.1 Å². The molecule has 0 atom stereocenters. The molecule has 1 amide bonds. The Morgan fingerprint density at radius 1 is 0.850 bits per heavy atom. The van der Waals surface area contributed by atoms with Crippen molar-refractivity contribution in [2.24, 2.45) is 0 Å². The Hall–Kier alpha value is -2.09. The maximum absolute atomic E-state index is 11.2. The van der Waals surface area contributed by atoms with E-state index in [0.29, 0.717) is 13.0 Å². The highest BCUT2D eigenvalue weighted by molar-refractivity contribution is 5.75. The average molecular weight is 267 g/mol. The van der Waals surface area contributed by atoms with Crippen LogP contribution in [0, 0.1) is 0 Å². The van der Waals surface area contributed by atoms with Crippen LogP contribution in [0.2, 0.25) is 0 Å². The van der Waals surface area contributed by atoms with Gasteiger partial charge in [-0.25, -0.2) is 0 Å². The van der Waals surface area contributed by atoms with Crippen molar-refractivity contribution in [1.82, 2.24) is 5.32 Å². The molecule has 0 saturated heterocycles. The van der Waals surface area contributed by atoms with Crippen molar-refractivity contribution < 1.29 is 4.79 Å². The van der Waals surface area contributed by atoms with Crippen LogP contribution in [0.25, 0.3) is 11.1 Å². The molecule has 0 saturated carbocycles. The maximum Gasteiger partial charge on any atom is 0.219 e. The Balaban J connectivity index is 2.05. The molecular formula is C18H21NO. The minimum atomic E-state index is 0.0873. The molecule has 0 heterocycles. The first kappa shape index (κ1) is 14.3. The molecule has 0 fully saturated rings. The van der Waals surface area contributed by atoms with E-state index >= 15 is 0 Å². The number of benzene rings is 2. The van der Waals surface area contributed by atoms with Crippen LogP contribution in [-0.2, 0) is 17.8 Å². The number of rotatable bonds is 5. The average Bonchev–Trinajstić information content (AvgIpc) is 2.53. The van der Waals surface area contributed by atoms with Gasteiger partial charge in [-0.1, -0.05) is 62.4 Å². The van der Waals surface area contributed by atoms with E-state index in [1.165, 1.54) is 16.7 Å². The molecule has 104 valence electrons. The van der Waals surface area contributed by atoms with Crippen LogP contribution in [0.15, 0.2) is 48.5 Å². The van der Waals surface area contributed by atoms with Gasteiger partial charge in [-0.05, 0) is 28.7 Å². The summed E-state index contributed by atoms with van der Waals surface area (Å²) in [6, 6.07) is 17.0. The van der Waals surface area contributed by atoms with E-state index < -0.39 is 0 Å². The van der Waals surface area contributed by atoms with Crippen molar-refractivity contribution in [2.75, 3.05) is 0 Å². The molecule has 2 nitrogen and oxygen atoms in total. The first-order valence-electron chi connectivity index (χ1n) is 7.18. The molecule has 20 heavy (non-hydrogen) atoms. The van der Waals surface area contributed by atoms with Crippen molar-refractivity contribution in [3.05, 3.63) is 59.7 Å². The number of amides is 1. The molecule has 2 rings (SSSR count). The maximum atomic E-state index is 11.2. The van der Waals surface area contributed by atoms with Gasteiger partial charge in [0.25, 0.3) is 0 Å². The fraction of sp³-hybridized carbons (Fsp3) is 0.278. The molecule has 0 unspecified atom stereocenters. The quantitative estimate of drug-likeness (QED) is 0.873. The van der Waals surface area contributed by atoms with Crippen LogP contribution in [0.3, 0.4) is 0 Å². The summed E-state index contributed by atoms with van der Waals surface area (Å²) in [6.07, 6.45) is 1.60. The van der Waals surface area contributed by atoms with Crippen molar-refractivity contribution in [2.45, 2.75) is 33.2 Å². The van der Waals surface area contributed by atoms with E-state index in [9.17, 15) is 4.79 Å². The van der Waals surface area contributed by atoms with E-state index in [1.54, 1.807) is 0 Å². The fourth-order valence-electron chi connectivity index (χ4n) is 2.07. The first-order valence-corrected chi connectivity index (χ1v) is 7.18. The van der Waals surface area contributed by atoms with Gasteiger partial charge < -0.3 is 5.32 Å². The van der Waals surface area contributed by atoms with Gasteiger partial charge in [0.05, 0.1) is 0 Å². The summed E-state index contributed by atoms with van der Waals surface area (Å²) >= 11 is 0. The van der Waals surface area contributed by atoms with E-state index in [0.717, 1.165) is 12.0 Å². The van der Waals surface area contributed by atoms with Gasteiger partial charge >= 0.3 is 0 Å². The van der Waals surface area contributed by atoms with Gasteiger partial charge in [-0.3, -0.25) is 4.79 Å². The molecule has 2 heteroatoms. The lowest BCUT2D eigenvalue weighted by Gasteiger charge is -2.06. The second-order valence-electron chi connectivity index (χ2n) is 4.88. The fourth-order valence-corrected chi connectivity index (χ4v) is 2.07. The zero-order valence-corrected chi connectivity index (χ0v) is 12.1. The van der Waals surface area contributed by atoms with Gasteiger partial charge in [-0.15, -0.1) is 0 Å². The number of hydrogen-bond donors (Lipinski definition) is 1. The van der Waals surface area contributed by atoms with Gasteiger partial charge in [0, 0.05) is 13.0 Å². The largest absolute Gasteiger partial charge is 0.352 e. The van der Waals surface area contributed by atoms with Crippen LogP contribution in [0.4, 0.5) is 0 Å². The number of hydrogen-bond acceptors (Lipinski definition) is 1. The topological polar surface area (TPSA) is 29.1 Å². The first-order chi connectivity index (χ1) is 9.72. The van der Waals surface area contributed by atoms with Gasteiger partial charge in [0.15, 0.2) is 0 Å². The Morgan fingerprint density at radius 3 is 1.80 bits per heavy atom. The smallest absolute Gasteiger partial charge is 0.219 e. The summed E-state index contributed by atoms with van der Waals surface area (Å²) in [5, 5.41) is 2.88. The lowest BCUT2D eigenvalue weighted by Crippen LogP contribution is -2.21. The SMILES string of the molecule is CCC(=O)NCc1ccc(-c2ccc(CC)cc2)cc1. The monoisotopic (exact) mass is 267 g/mol. The third-order valence-corrected chi connectivity index (χ3v) is 3.46. The predicted octanol–water partition coefficient (Wildman–Crippen LogP) is 3.94. The Labute approximate surface area is 120 Å². The second-order valence-corrected chi connectivity index (χ2v) is 4.88. The molecule has 0 aliphatic rings. The van der Waals surface area contributed by atoms with E-state index in [4.69, 9.17) is 0 Å². The summed E-state index contributed by atoms with van der Waals surface area (Å²) in [4.78, 5) is 11.2. The highest BCUT2D eigenvalue weighted by Crippen LogP contribution is 2.20. The highest BCUT2D eigenvalue weighted by atomic mass is 16.1. The summed E-state index contributed by atoms with van der Waals surface area (Å²) in [5.74, 6) is 0.0873. The van der Waals surface area contributed by atoms with E-state index in [1.807, 2.05) is 6.92 Å². The summed E-state index contributed by atoms with van der Waals surface area (Å²) < 4.78 is 0. The van der Waals surface area contributed by atoms with Gasteiger partial charge in [0.1, 0.15) is 0 Å². The van der Waals surface area contributed by atoms with Crippen LogP contribution >= 0.6 is 0 Å². The lowest BCUT2D eigenvalue weighted by atomic mass is 10.0. The molecule has 0 spiro atoms. The third-order valence-electron chi connectivity index (χ3n) is 3.46. The molecular weight excluding hydrogens is 246 g/mol. The van der Waals surface area contributed by atoms with Crippen molar-refractivity contribution >= 4 is 5.91 Å². The zero-order chi connectivity index (χ0) is 14.4. The number of aryl methyl sites for hydroxylation is 1. The molecule has 0 aromatic heterocycles. The third kappa shape index (κ3) is 3.70. The summed E-state index contributed by atoms with van der Waals surface area (Å²) in [6.45, 7) is 4.62. The standard InChI is InChI=1S/C18H21NO/c1-3-14-5-9-16(10-6-14)17-11-7-15(8-12-17)13-19-18(20)4-2/h5-12H,3-4,13H2,1-2H3,(H,19,20). The summed E-state index contributed by atoms with van der Waals surface area (Å²) in [7, 11) is 0. The molecule has 0 aliphatic carbocycles. The molecule has 2 aromatic carbocycles. The van der Waals surface area contributed by atoms with Gasteiger partial charge in [0.2, 0.25) is 5.91 Å². The number of carbonyl (C=O) groups excluding carboxylic acids is 1. The van der Waals surface area contributed by atoms with Crippen LogP contribution in [-0.4, -0.2) is 5.91 Å². The Bertz CT molecular complexity index is 555.